The van der Waals surface area contributed by atoms with Crippen LogP contribution in [0.1, 0.15) is 44.7 Å². The molecule has 6 heteroatoms. The highest BCUT2D eigenvalue weighted by Crippen LogP contribution is 2.32. The molecule has 0 spiro atoms. The van der Waals surface area contributed by atoms with Crippen LogP contribution >= 0.6 is 0 Å². The summed E-state index contributed by atoms with van der Waals surface area (Å²) < 4.78 is 18.6. The molecule has 130 valence electrons. The van der Waals surface area contributed by atoms with E-state index in [4.69, 9.17) is 10.00 Å². The summed E-state index contributed by atoms with van der Waals surface area (Å²) in [5, 5.41) is 15.0. The van der Waals surface area contributed by atoms with E-state index < -0.39 is 17.5 Å². The van der Waals surface area contributed by atoms with Crippen molar-refractivity contribution in [2.45, 2.75) is 51.8 Å². The third-order valence-electron chi connectivity index (χ3n) is 3.74. The fourth-order valence-corrected chi connectivity index (χ4v) is 2.43. The quantitative estimate of drug-likeness (QED) is 0.839. The largest absolute Gasteiger partial charge is 0.444 e. The summed E-state index contributed by atoms with van der Waals surface area (Å²) in [7, 11) is 0. The Morgan fingerprint density at radius 2 is 2.17 bits per heavy atom. The highest BCUT2D eigenvalue weighted by Gasteiger charge is 2.33. The number of alkyl carbamates (subject to hydrolysis) is 1. The van der Waals surface area contributed by atoms with Gasteiger partial charge >= 0.3 is 6.09 Å². The van der Waals surface area contributed by atoms with Gasteiger partial charge in [-0.15, -0.1) is 0 Å². The molecule has 0 heterocycles. The number of hydrogen-bond donors (Lipinski definition) is 2. The van der Waals surface area contributed by atoms with Crippen LogP contribution in [-0.4, -0.2) is 24.3 Å². The number of nitrogens with zero attached hydrogens (tertiary/aromatic N) is 1. The topological polar surface area (TPSA) is 74.2 Å². The molecule has 1 aromatic rings. The Kier molecular flexibility index (Phi) is 5.79. The molecular weight excluding hydrogens is 309 g/mol. The van der Waals surface area contributed by atoms with Gasteiger partial charge in [0.1, 0.15) is 17.5 Å². The molecule has 5 nitrogen and oxygen atoms in total. The first-order valence-electron chi connectivity index (χ1n) is 8.17. The summed E-state index contributed by atoms with van der Waals surface area (Å²) in [6, 6.07) is 6.33. The number of carbonyl (C=O) groups excluding carboxylic acids is 1. The molecular formula is C18H24FN3O2. The van der Waals surface area contributed by atoms with E-state index in [-0.39, 0.29) is 11.6 Å². The Bertz CT molecular complexity index is 630. The Morgan fingerprint density at radius 3 is 2.75 bits per heavy atom. The summed E-state index contributed by atoms with van der Waals surface area (Å²) in [6.45, 7) is 6.60. The minimum Gasteiger partial charge on any atom is -0.444 e. The maximum Gasteiger partial charge on any atom is 0.407 e. The molecule has 1 saturated carbocycles. The SMILES string of the molecule is CC(C)(C)OC(=O)NC(CNCc1ccc(F)c(C#N)c1)C1CC1. The fourth-order valence-electron chi connectivity index (χ4n) is 2.43. The molecule has 2 N–H and O–H groups in total. The minimum absolute atomic E-state index is 0.00994. The average molecular weight is 333 g/mol. The van der Waals surface area contributed by atoms with E-state index in [0.717, 1.165) is 18.4 Å². The summed E-state index contributed by atoms with van der Waals surface area (Å²) >= 11 is 0. The Hall–Kier alpha value is -2.13. The maximum atomic E-state index is 13.3. The molecule has 0 aliphatic heterocycles. The number of nitrogens with one attached hydrogen (secondary N) is 2. The van der Waals surface area contributed by atoms with Gasteiger partial charge in [0, 0.05) is 19.1 Å². The van der Waals surface area contributed by atoms with Crippen LogP contribution in [0.5, 0.6) is 0 Å². The highest BCUT2D eigenvalue weighted by atomic mass is 19.1. The van der Waals surface area contributed by atoms with E-state index in [9.17, 15) is 9.18 Å². The zero-order valence-corrected chi connectivity index (χ0v) is 14.4. The number of carbonyl (C=O) groups is 1. The van der Waals surface area contributed by atoms with Crippen LogP contribution in [0.3, 0.4) is 0 Å². The lowest BCUT2D eigenvalue weighted by Gasteiger charge is -2.24. The predicted octanol–water partition coefficient (Wildman–Crippen LogP) is 3.09. The first-order chi connectivity index (χ1) is 11.3. The molecule has 0 radical (unpaired) electrons. The molecule has 1 aromatic carbocycles. The monoisotopic (exact) mass is 333 g/mol. The lowest BCUT2D eigenvalue weighted by molar-refractivity contribution is 0.0497. The van der Waals surface area contributed by atoms with Crippen LogP contribution in [0.25, 0.3) is 0 Å². The first-order valence-corrected chi connectivity index (χ1v) is 8.17. The second kappa shape index (κ2) is 7.63. The number of halogens is 1. The number of amides is 1. The van der Waals surface area contributed by atoms with Gasteiger partial charge in [-0.3, -0.25) is 0 Å². The zero-order valence-electron chi connectivity index (χ0n) is 14.4. The first kappa shape index (κ1) is 18.2. The van der Waals surface area contributed by atoms with Gasteiger partial charge in [0.2, 0.25) is 0 Å². The van der Waals surface area contributed by atoms with Crippen molar-refractivity contribution in [1.82, 2.24) is 10.6 Å². The van der Waals surface area contributed by atoms with Crippen LogP contribution in [0.15, 0.2) is 18.2 Å². The molecule has 0 bridgehead atoms. The molecule has 0 aromatic heterocycles. The van der Waals surface area contributed by atoms with Crippen molar-refractivity contribution in [1.29, 1.82) is 5.26 Å². The van der Waals surface area contributed by atoms with E-state index in [1.807, 2.05) is 26.8 Å². The van der Waals surface area contributed by atoms with E-state index in [1.165, 1.54) is 12.1 Å². The van der Waals surface area contributed by atoms with Crippen molar-refractivity contribution in [3.63, 3.8) is 0 Å². The van der Waals surface area contributed by atoms with Crippen molar-refractivity contribution in [2.24, 2.45) is 5.92 Å². The van der Waals surface area contributed by atoms with Crippen molar-refractivity contribution >= 4 is 6.09 Å². The standard InChI is InChI=1S/C18H24FN3O2/c1-18(2,3)24-17(23)22-16(13-5-6-13)11-21-10-12-4-7-15(19)14(8-12)9-20/h4,7-8,13,16,21H,5-6,10-11H2,1-3H3,(H,22,23). The van der Waals surface area contributed by atoms with Crippen LogP contribution in [0.4, 0.5) is 9.18 Å². The normalized spacial score (nSPS) is 15.5. The van der Waals surface area contributed by atoms with Gasteiger partial charge in [-0.1, -0.05) is 6.07 Å². The van der Waals surface area contributed by atoms with Crippen LogP contribution in [0, 0.1) is 23.1 Å². The Morgan fingerprint density at radius 1 is 1.46 bits per heavy atom. The van der Waals surface area contributed by atoms with Crippen LogP contribution < -0.4 is 10.6 Å². The Balaban J connectivity index is 1.84. The van der Waals surface area contributed by atoms with Crippen molar-refractivity contribution in [3.05, 3.63) is 35.1 Å². The zero-order chi connectivity index (χ0) is 17.7. The lowest BCUT2D eigenvalue weighted by atomic mass is 10.1. The van der Waals surface area contributed by atoms with Crippen LogP contribution in [0.2, 0.25) is 0 Å². The lowest BCUT2D eigenvalue weighted by Crippen LogP contribution is -2.45. The van der Waals surface area contributed by atoms with Gasteiger partial charge in [0.15, 0.2) is 0 Å². The van der Waals surface area contributed by atoms with Gasteiger partial charge in [-0.2, -0.15) is 5.26 Å². The molecule has 1 atom stereocenters. The highest BCUT2D eigenvalue weighted by molar-refractivity contribution is 5.68. The van der Waals surface area contributed by atoms with Crippen molar-refractivity contribution < 1.29 is 13.9 Å². The second-order valence-electron chi connectivity index (χ2n) is 7.15. The molecule has 1 amide bonds. The summed E-state index contributed by atoms with van der Waals surface area (Å²) in [5.41, 5.74) is 0.354. The number of rotatable bonds is 6. The summed E-state index contributed by atoms with van der Waals surface area (Å²) in [5.74, 6) is -0.0448. The number of nitriles is 1. The number of ether oxygens (including phenoxy) is 1. The van der Waals surface area contributed by atoms with Gasteiger partial charge < -0.3 is 15.4 Å². The molecule has 1 aliphatic carbocycles. The third kappa shape index (κ3) is 5.82. The molecule has 0 saturated heterocycles. The summed E-state index contributed by atoms with van der Waals surface area (Å²) in [4.78, 5) is 11.9. The molecule has 2 rings (SSSR count). The van der Waals surface area contributed by atoms with Crippen molar-refractivity contribution in [2.75, 3.05) is 6.54 Å². The number of hydrogen-bond acceptors (Lipinski definition) is 4. The van der Waals surface area contributed by atoms with Crippen LogP contribution in [-0.2, 0) is 11.3 Å². The van der Waals surface area contributed by atoms with E-state index >= 15 is 0 Å². The second-order valence-corrected chi connectivity index (χ2v) is 7.15. The third-order valence-corrected chi connectivity index (χ3v) is 3.74. The van der Waals surface area contributed by atoms with Gasteiger partial charge in [0.25, 0.3) is 0 Å². The fraction of sp³-hybridized carbons (Fsp3) is 0.556. The average Bonchev–Trinajstić information content (AvgIpc) is 3.30. The predicted molar refractivity (Wildman–Crippen MR) is 88.7 cm³/mol. The van der Waals surface area contributed by atoms with E-state index in [1.54, 1.807) is 6.07 Å². The van der Waals surface area contributed by atoms with Gasteiger partial charge in [-0.05, 0) is 57.2 Å². The Labute approximate surface area is 142 Å². The molecule has 1 unspecified atom stereocenters. The van der Waals surface area contributed by atoms with Gasteiger partial charge in [-0.25, -0.2) is 9.18 Å². The molecule has 1 fully saturated rings. The van der Waals surface area contributed by atoms with E-state index in [2.05, 4.69) is 10.6 Å². The number of benzene rings is 1. The summed E-state index contributed by atoms with van der Waals surface area (Å²) in [6.07, 6.45) is 1.78. The smallest absolute Gasteiger partial charge is 0.407 e. The van der Waals surface area contributed by atoms with E-state index in [0.29, 0.717) is 19.0 Å². The molecule has 1 aliphatic rings. The maximum absolute atomic E-state index is 13.3. The van der Waals surface area contributed by atoms with Crippen molar-refractivity contribution in [3.8, 4) is 6.07 Å². The minimum atomic E-state index is -0.520. The van der Waals surface area contributed by atoms with Gasteiger partial charge in [0.05, 0.1) is 5.56 Å². The molecule has 24 heavy (non-hydrogen) atoms.